The zero-order valence-corrected chi connectivity index (χ0v) is 29.2. The molecule has 47 heavy (non-hydrogen) atoms. The van der Waals surface area contributed by atoms with Crippen LogP contribution in [-0.2, 0) is 32.0 Å². The van der Waals surface area contributed by atoms with Crippen molar-refractivity contribution in [2.45, 2.75) is 90.4 Å². The van der Waals surface area contributed by atoms with E-state index in [-0.39, 0.29) is 18.7 Å². The highest BCUT2D eigenvalue weighted by molar-refractivity contribution is 5.96. The van der Waals surface area contributed by atoms with Crippen molar-refractivity contribution in [3.05, 3.63) is 95.6 Å². The molecule has 0 radical (unpaired) electrons. The number of amides is 4. The first-order valence-corrected chi connectivity index (χ1v) is 15.9. The van der Waals surface area contributed by atoms with Crippen molar-refractivity contribution in [2.75, 3.05) is 14.1 Å². The average Bonchev–Trinajstić information content (AvgIpc) is 2.97. The quantitative estimate of drug-likeness (QED) is 0.242. The van der Waals surface area contributed by atoms with Crippen molar-refractivity contribution in [3.63, 3.8) is 0 Å². The smallest absolute Gasteiger partial charge is 0.408 e. The molecule has 0 saturated carbocycles. The van der Waals surface area contributed by atoms with Gasteiger partial charge in [0.15, 0.2) is 0 Å². The van der Waals surface area contributed by atoms with Crippen LogP contribution in [0.15, 0.2) is 84.4 Å². The number of fused-ring (bicyclic) bond motifs is 1. The minimum Gasteiger partial charge on any atom is -0.444 e. The second-order valence-electron chi connectivity index (χ2n) is 14.2. The molecule has 0 spiro atoms. The molecule has 0 heterocycles. The molecule has 3 N–H and O–H groups in total. The fourth-order valence-electron chi connectivity index (χ4n) is 5.65. The minimum absolute atomic E-state index is 0.213. The van der Waals surface area contributed by atoms with Crippen molar-refractivity contribution in [1.82, 2.24) is 15.1 Å². The van der Waals surface area contributed by atoms with Gasteiger partial charge < -0.3 is 25.6 Å². The molecule has 9 nitrogen and oxygen atoms in total. The van der Waals surface area contributed by atoms with Gasteiger partial charge in [-0.1, -0.05) is 78.4 Å². The number of nitrogens with one attached hydrogen (secondary N) is 1. The number of carbonyl (C=O) groups is 4. The van der Waals surface area contributed by atoms with E-state index in [0.29, 0.717) is 12.0 Å². The van der Waals surface area contributed by atoms with Crippen molar-refractivity contribution in [2.24, 2.45) is 5.73 Å². The summed E-state index contributed by atoms with van der Waals surface area (Å²) in [5, 5.41) is 4.94. The lowest BCUT2D eigenvalue weighted by molar-refractivity contribution is -0.149. The number of likely N-dealkylation sites (N-methyl/N-ethyl adjacent to an activating group) is 2. The number of ether oxygens (including phenoxy) is 1. The molecule has 0 aliphatic heterocycles. The van der Waals surface area contributed by atoms with E-state index in [1.807, 2.05) is 86.6 Å². The molecule has 0 bridgehead atoms. The van der Waals surface area contributed by atoms with Gasteiger partial charge in [0.05, 0.1) is 0 Å². The fraction of sp³-hybridized carbons (Fsp3) is 0.421. The van der Waals surface area contributed by atoms with Crippen LogP contribution >= 0.6 is 0 Å². The van der Waals surface area contributed by atoms with Crippen molar-refractivity contribution in [1.29, 1.82) is 0 Å². The Balaban J connectivity index is 1.93. The highest BCUT2D eigenvalue weighted by Crippen LogP contribution is 2.25. The highest BCUT2D eigenvalue weighted by atomic mass is 16.6. The van der Waals surface area contributed by atoms with Gasteiger partial charge in [0.2, 0.25) is 17.7 Å². The van der Waals surface area contributed by atoms with E-state index in [2.05, 4.69) is 5.32 Å². The SMILES string of the molecule is CC(=CC(=O)N(C)[C@H](Cc1ccc2ccccc2c1)C(=O)N(C)[C@](C)(Cc1ccccc1)C(N)=O)CC(C)(C)NC(=O)OC(C)(C)C. The largest absolute Gasteiger partial charge is 0.444 e. The molecule has 252 valence electrons. The van der Waals surface area contributed by atoms with E-state index < -0.39 is 40.6 Å². The van der Waals surface area contributed by atoms with Gasteiger partial charge >= 0.3 is 6.09 Å². The summed E-state index contributed by atoms with van der Waals surface area (Å²) in [6, 6.07) is 22.3. The molecular formula is C38H50N4O5. The third-order valence-electron chi connectivity index (χ3n) is 8.27. The Morgan fingerprint density at radius 2 is 1.45 bits per heavy atom. The van der Waals surface area contributed by atoms with Crippen LogP contribution in [0.4, 0.5) is 4.79 Å². The zero-order valence-electron chi connectivity index (χ0n) is 29.2. The summed E-state index contributed by atoms with van der Waals surface area (Å²) < 4.78 is 5.40. The van der Waals surface area contributed by atoms with E-state index in [9.17, 15) is 19.2 Å². The number of primary amides is 1. The molecular weight excluding hydrogens is 592 g/mol. The Bertz CT molecular complexity index is 1630. The van der Waals surface area contributed by atoms with Gasteiger partial charge in [-0.05, 0) is 76.8 Å². The van der Waals surface area contributed by atoms with E-state index >= 15 is 0 Å². The van der Waals surface area contributed by atoms with Gasteiger partial charge in [-0.25, -0.2) is 4.79 Å². The normalized spacial score (nSPS) is 14.1. The summed E-state index contributed by atoms with van der Waals surface area (Å²) in [6.45, 7) is 12.5. The van der Waals surface area contributed by atoms with Crippen LogP contribution < -0.4 is 11.1 Å². The van der Waals surface area contributed by atoms with Gasteiger partial charge in [-0.3, -0.25) is 14.4 Å². The Morgan fingerprint density at radius 3 is 2.04 bits per heavy atom. The van der Waals surface area contributed by atoms with Gasteiger partial charge in [0.25, 0.3) is 0 Å². The summed E-state index contributed by atoms with van der Waals surface area (Å²) in [5.41, 5.74) is 5.66. The fourth-order valence-corrected chi connectivity index (χ4v) is 5.65. The summed E-state index contributed by atoms with van der Waals surface area (Å²) >= 11 is 0. The molecule has 3 rings (SSSR count). The maximum atomic E-state index is 14.4. The van der Waals surface area contributed by atoms with Crippen molar-refractivity contribution in [3.8, 4) is 0 Å². The van der Waals surface area contributed by atoms with Gasteiger partial charge in [0, 0.05) is 38.6 Å². The standard InChI is InChI=1S/C38H50N4O5/c1-26(24-37(5,6)40-35(46)47-36(2,3)4)21-32(43)41(8)31(23-28-19-20-29-17-13-14-18-30(29)22-28)33(44)42(9)38(7,34(39)45)25-27-15-11-10-12-16-27/h10-22,31H,23-25H2,1-9H3,(H2,39,45)(H,40,46)/t31-,38-/m1/s1. The molecule has 0 aromatic heterocycles. The van der Waals surface area contributed by atoms with E-state index in [0.717, 1.165) is 21.9 Å². The number of rotatable bonds is 12. The van der Waals surface area contributed by atoms with Crippen LogP contribution in [-0.4, -0.2) is 70.4 Å². The van der Waals surface area contributed by atoms with Crippen LogP contribution in [0.25, 0.3) is 10.8 Å². The lowest BCUT2D eigenvalue weighted by Crippen LogP contribution is -2.61. The third kappa shape index (κ3) is 10.2. The molecule has 3 aromatic carbocycles. The molecule has 2 atom stereocenters. The molecule has 4 amide bonds. The van der Waals surface area contributed by atoms with Crippen LogP contribution in [0, 0.1) is 0 Å². The first kappa shape index (κ1) is 36.8. The number of hydrogen-bond donors (Lipinski definition) is 2. The molecule has 0 fully saturated rings. The maximum Gasteiger partial charge on any atom is 0.408 e. The average molecular weight is 643 g/mol. The van der Waals surface area contributed by atoms with Crippen LogP contribution in [0.5, 0.6) is 0 Å². The molecule has 9 heteroatoms. The van der Waals surface area contributed by atoms with Gasteiger partial charge in [-0.15, -0.1) is 0 Å². The minimum atomic E-state index is -1.35. The Morgan fingerprint density at radius 1 is 0.851 bits per heavy atom. The number of carbonyl (C=O) groups excluding carboxylic acids is 4. The number of hydrogen-bond acceptors (Lipinski definition) is 5. The Labute approximate surface area is 279 Å². The van der Waals surface area contributed by atoms with Crippen LogP contribution in [0.1, 0.15) is 66.0 Å². The Hall–Kier alpha value is -4.66. The lowest BCUT2D eigenvalue weighted by Gasteiger charge is -2.40. The lowest BCUT2D eigenvalue weighted by atomic mass is 9.89. The van der Waals surface area contributed by atoms with Gasteiger partial charge in [0.1, 0.15) is 17.2 Å². The van der Waals surface area contributed by atoms with E-state index in [4.69, 9.17) is 10.5 Å². The molecule has 0 aliphatic rings. The summed E-state index contributed by atoms with van der Waals surface area (Å²) in [7, 11) is 3.15. The summed E-state index contributed by atoms with van der Waals surface area (Å²) in [5.74, 6) is -1.44. The van der Waals surface area contributed by atoms with Crippen molar-refractivity contribution >= 4 is 34.6 Å². The number of nitrogens with two attached hydrogens (primary N) is 1. The van der Waals surface area contributed by atoms with Crippen molar-refractivity contribution < 1.29 is 23.9 Å². The van der Waals surface area contributed by atoms with Crippen LogP contribution in [0.2, 0.25) is 0 Å². The molecule has 0 unspecified atom stereocenters. The maximum absolute atomic E-state index is 14.4. The molecule has 0 aliphatic carbocycles. The summed E-state index contributed by atoms with van der Waals surface area (Å²) in [6.07, 6.45) is 1.73. The van der Waals surface area contributed by atoms with E-state index in [1.165, 1.54) is 15.9 Å². The number of benzene rings is 3. The monoisotopic (exact) mass is 642 g/mol. The predicted octanol–water partition coefficient (Wildman–Crippen LogP) is 5.79. The zero-order chi connectivity index (χ0) is 35.2. The second-order valence-corrected chi connectivity index (χ2v) is 14.2. The number of alkyl carbamates (subject to hydrolysis) is 1. The number of nitrogens with zero attached hydrogens (tertiary/aromatic N) is 2. The summed E-state index contributed by atoms with van der Waals surface area (Å²) in [4.78, 5) is 56.3. The predicted molar refractivity (Wildman–Crippen MR) is 187 cm³/mol. The van der Waals surface area contributed by atoms with Gasteiger partial charge in [-0.2, -0.15) is 0 Å². The first-order chi connectivity index (χ1) is 21.8. The molecule has 0 saturated heterocycles. The third-order valence-corrected chi connectivity index (χ3v) is 8.27. The molecule has 3 aromatic rings. The van der Waals surface area contributed by atoms with Crippen LogP contribution in [0.3, 0.4) is 0 Å². The Kier molecular flexibility index (Phi) is 11.6. The highest BCUT2D eigenvalue weighted by Gasteiger charge is 2.42. The topological polar surface area (TPSA) is 122 Å². The van der Waals surface area contributed by atoms with E-state index in [1.54, 1.807) is 48.7 Å². The second kappa shape index (κ2) is 14.8. The first-order valence-electron chi connectivity index (χ1n) is 15.9.